The third kappa shape index (κ3) is 4.09. The van der Waals surface area contributed by atoms with Crippen molar-refractivity contribution in [2.75, 3.05) is 20.2 Å². The molecule has 1 aliphatic rings. The first-order valence-corrected chi connectivity index (χ1v) is 8.81. The van der Waals surface area contributed by atoms with Crippen LogP contribution in [0.25, 0.3) is 0 Å². The Morgan fingerprint density at radius 1 is 1.37 bits per heavy atom. The highest BCUT2D eigenvalue weighted by atomic mass is 19.1. The fourth-order valence-corrected chi connectivity index (χ4v) is 3.69. The van der Waals surface area contributed by atoms with Crippen molar-refractivity contribution in [3.63, 3.8) is 0 Å². The number of hydrogen-bond donors (Lipinski definition) is 2. The van der Waals surface area contributed by atoms with E-state index in [0.717, 1.165) is 5.56 Å². The standard InChI is InChI=1S/C20H23FN2O4/c1-27-18-15(3-2-9-22-18)12-23-10-8-17(24)20(13-23,19(25)26)11-14-4-6-16(21)7-5-14/h2-7,9,17,24H,8,10-13H2,1H3,(H,25,26)/t17-,20-/m1/s1. The van der Waals surface area contributed by atoms with E-state index in [1.165, 1.54) is 12.1 Å². The number of aromatic nitrogens is 1. The smallest absolute Gasteiger partial charge is 0.313 e. The number of piperidine rings is 1. The zero-order chi connectivity index (χ0) is 19.4. The molecule has 1 aromatic carbocycles. The molecule has 0 spiro atoms. The lowest BCUT2D eigenvalue weighted by Crippen LogP contribution is -2.56. The van der Waals surface area contributed by atoms with Crippen molar-refractivity contribution in [3.05, 3.63) is 59.5 Å². The molecule has 7 heteroatoms. The van der Waals surface area contributed by atoms with Crippen LogP contribution in [0.3, 0.4) is 0 Å². The first-order chi connectivity index (χ1) is 12.9. The summed E-state index contributed by atoms with van der Waals surface area (Å²) in [6.07, 6.45) is 1.13. The fourth-order valence-electron chi connectivity index (χ4n) is 3.69. The zero-order valence-corrected chi connectivity index (χ0v) is 15.1. The number of benzene rings is 1. The maximum Gasteiger partial charge on any atom is 0.313 e. The number of carbonyl (C=O) groups is 1. The van der Waals surface area contributed by atoms with Crippen molar-refractivity contribution in [2.24, 2.45) is 5.41 Å². The molecule has 2 N–H and O–H groups in total. The van der Waals surface area contributed by atoms with Crippen molar-refractivity contribution in [1.82, 2.24) is 9.88 Å². The van der Waals surface area contributed by atoms with Crippen molar-refractivity contribution in [2.45, 2.75) is 25.5 Å². The minimum absolute atomic E-state index is 0.129. The lowest BCUT2D eigenvalue weighted by molar-refractivity contribution is -0.163. The van der Waals surface area contributed by atoms with Crippen molar-refractivity contribution < 1.29 is 24.1 Å². The largest absolute Gasteiger partial charge is 0.481 e. The number of aliphatic hydroxyl groups excluding tert-OH is 1. The van der Waals surface area contributed by atoms with E-state index in [1.807, 2.05) is 11.0 Å². The number of ether oxygens (including phenoxy) is 1. The van der Waals surface area contributed by atoms with E-state index in [-0.39, 0.29) is 18.8 Å². The summed E-state index contributed by atoms with van der Waals surface area (Å²) in [5, 5.41) is 20.5. The van der Waals surface area contributed by atoms with Gasteiger partial charge in [-0.25, -0.2) is 9.37 Å². The number of aliphatic hydroxyl groups is 1. The Bertz CT molecular complexity index is 799. The quantitative estimate of drug-likeness (QED) is 0.806. The normalized spacial score (nSPS) is 23.1. The molecule has 0 bridgehead atoms. The number of halogens is 1. The van der Waals surface area contributed by atoms with Gasteiger partial charge in [0.15, 0.2) is 0 Å². The molecular formula is C20H23FN2O4. The van der Waals surface area contributed by atoms with Crippen LogP contribution in [0, 0.1) is 11.2 Å². The van der Waals surface area contributed by atoms with E-state index in [9.17, 15) is 19.4 Å². The topological polar surface area (TPSA) is 82.9 Å². The Morgan fingerprint density at radius 3 is 2.78 bits per heavy atom. The number of rotatable bonds is 6. The molecule has 2 heterocycles. The summed E-state index contributed by atoms with van der Waals surface area (Å²) in [6.45, 7) is 1.22. The van der Waals surface area contributed by atoms with Crippen molar-refractivity contribution >= 4 is 5.97 Å². The number of nitrogens with zero attached hydrogens (tertiary/aromatic N) is 2. The van der Waals surface area contributed by atoms with Gasteiger partial charge in [0.2, 0.25) is 5.88 Å². The van der Waals surface area contributed by atoms with Crippen LogP contribution in [0.2, 0.25) is 0 Å². The fraction of sp³-hybridized carbons (Fsp3) is 0.400. The second-order valence-corrected chi connectivity index (χ2v) is 6.95. The maximum absolute atomic E-state index is 13.2. The van der Waals surface area contributed by atoms with E-state index in [2.05, 4.69) is 4.98 Å². The van der Waals surface area contributed by atoms with Crippen LogP contribution in [-0.4, -0.2) is 52.4 Å². The Morgan fingerprint density at radius 2 is 2.11 bits per heavy atom. The third-order valence-corrected chi connectivity index (χ3v) is 5.16. The van der Waals surface area contributed by atoms with Crippen LogP contribution in [0.4, 0.5) is 4.39 Å². The van der Waals surface area contributed by atoms with E-state index in [4.69, 9.17) is 4.74 Å². The average Bonchev–Trinajstić information content (AvgIpc) is 2.66. The third-order valence-electron chi connectivity index (χ3n) is 5.16. The summed E-state index contributed by atoms with van der Waals surface area (Å²) in [6, 6.07) is 9.43. The Kier molecular flexibility index (Phi) is 5.72. The van der Waals surface area contributed by atoms with E-state index in [0.29, 0.717) is 31.0 Å². The highest BCUT2D eigenvalue weighted by Crippen LogP contribution is 2.35. The van der Waals surface area contributed by atoms with Gasteiger partial charge >= 0.3 is 5.97 Å². The van der Waals surface area contributed by atoms with Crippen LogP contribution < -0.4 is 4.74 Å². The number of aliphatic carboxylic acids is 1. The van der Waals surface area contributed by atoms with Gasteiger partial charge in [-0.1, -0.05) is 18.2 Å². The molecule has 0 unspecified atom stereocenters. The molecule has 0 aliphatic carbocycles. The second-order valence-electron chi connectivity index (χ2n) is 6.95. The van der Waals surface area contributed by atoms with Crippen LogP contribution in [0.1, 0.15) is 17.5 Å². The summed E-state index contributed by atoms with van der Waals surface area (Å²) in [4.78, 5) is 18.3. The summed E-state index contributed by atoms with van der Waals surface area (Å²) >= 11 is 0. The van der Waals surface area contributed by atoms with Gasteiger partial charge in [-0.05, 0) is 36.6 Å². The highest BCUT2D eigenvalue weighted by Gasteiger charge is 2.49. The van der Waals surface area contributed by atoms with Gasteiger partial charge in [0.1, 0.15) is 11.2 Å². The van der Waals surface area contributed by atoms with Crippen LogP contribution >= 0.6 is 0 Å². The molecule has 0 saturated carbocycles. The molecule has 2 aromatic rings. The maximum atomic E-state index is 13.2. The molecule has 1 saturated heterocycles. The first kappa shape index (κ1) is 19.3. The first-order valence-electron chi connectivity index (χ1n) is 8.81. The van der Waals surface area contributed by atoms with Gasteiger partial charge in [0.05, 0.1) is 13.2 Å². The summed E-state index contributed by atoms with van der Waals surface area (Å²) in [5.41, 5.74) is 0.182. The Balaban J connectivity index is 1.84. The number of likely N-dealkylation sites (tertiary alicyclic amines) is 1. The van der Waals surface area contributed by atoms with Crippen LogP contribution in [0.15, 0.2) is 42.6 Å². The van der Waals surface area contributed by atoms with Crippen LogP contribution in [0.5, 0.6) is 5.88 Å². The molecule has 1 aliphatic heterocycles. The molecule has 0 radical (unpaired) electrons. The van der Waals surface area contributed by atoms with Gasteiger partial charge in [0.25, 0.3) is 0 Å². The Labute approximate surface area is 157 Å². The van der Waals surface area contributed by atoms with Crippen molar-refractivity contribution in [1.29, 1.82) is 0 Å². The molecule has 1 aromatic heterocycles. The van der Waals surface area contributed by atoms with E-state index < -0.39 is 17.5 Å². The van der Waals surface area contributed by atoms with Gasteiger partial charge < -0.3 is 14.9 Å². The molecule has 2 atom stereocenters. The predicted octanol–water partition coefficient (Wildman–Crippen LogP) is 2.11. The number of carboxylic acid groups (broad SMARTS) is 1. The second kappa shape index (κ2) is 8.02. The van der Waals surface area contributed by atoms with Crippen molar-refractivity contribution in [3.8, 4) is 5.88 Å². The van der Waals surface area contributed by atoms with E-state index in [1.54, 1.807) is 31.5 Å². The highest BCUT2D eigenvalue weighted by molar-refractivity contribution is 5.76. The van der Waals surface area contributed by atoms with E-state index >= 15 is 0 Å². The zero-order valence-electron chi connectivity index (χ0n) is 15.1. The molecule has 6 nitrogen and oxygen atoms in total. The molecule has 27 heavy (non-hydrogen) atoms. The predicted molar refractivity (Wildman–Crippen MR) is 96.9 cm³/mol. The molecule has 144 valence electrons. The monoisotopic (exact) mass is 374 g/mol. The van der Waals surface area contributed by atoms with Crippen LogP contribution in [-0.2, 0) is 17.8 Å². The number of methoxy groups -OCH3 is 1. The average molecular weight is 374 g/mol. The lowest BCUT2D eigenvalue weighted by Gasteiger charge is -2.43. The van der Waals surface area contributed by atoms with Gasteiger partial charge in [-0.15, -0.1) is 0 Å². The number of hydrogen-bond acceptors (Lipinski definition) is 5. The molecule has 0 amide bonds. The Hall–Kier alpha value is -2.51. The minimum Gasteiger partial charge on any atom is -0.481 e. The summed E-state index contributed by atoms with van der Waals surface area (Å²) in [5.74, 6) is -0.928. The lowest BCUT2D eigenvalue weighted by atomic mass is 9.72. The summed E-state index contributed by atoms with van der Waals surface area (Å²) in [7, 11) is 1.54. The number of pyridine rings is 1. The number of carboxylic acids is 1. The molecule has 1 fully saturated rings. The van der Waals surface area contributed by atoms with Gasteiger partial charge in [0, 0.05) is 31.4 Å². The SMILES string of the molecule is COc1ncccc1CN1CC[C@@H](O)[C@](Cc2ccc(F)cc2)(C(=O)O)C1. The summed E-state index contributed by atoms with van der Waals surface area (Å²) < 4.78 is 18.5. The minimum atomic E-state index is -1.36. The van der Waals surface area contributed by atoms with Gasteiger partial charge in [-0.2, -0.15) is 0 Å². The van der Waals surface area contributed by atoms with Gasteiger partial charge in [-0.3, -0.25) is 9.69 Å². The molecule has 3 rings (SSSR count). The molecular weight excluding hydrogens is 351 g/mol.